The molecule has 0 aromatic heterocycles. The third-order valence-corrected chi connectivity index (χ3v) is 4.33. The van der Waals surface area contributed by atoms with Gasteiger partial charge in [0.25, 0.3) is 0 Å². The largest absolute Gasteiger partial charge is 0.352 e. The molecule has 0 bridgehead atoms. The molecule has 1 aliphatic rings. The Morgan fingerprint density at radius 3 is 2.90 bits per heavy atom. The van der Waals surface area contributed by atoms with Crippen LogP contribution in [0.2, 0.25) is 0 Å². The van der Waals surface area contributed by atoms with E-state index >= 15 is 0 Å². The van der Waals surface area contributed by atoms with Crippen molar-refractivity contribution in [2.24, 2.45) is 5.92 Å². The summed E-state index contributed by atoms with van der Waals surface area (Å²) in [6.45, 7) is 3.69. The number of hydrogen-bond donors (Lipinski definition) is 2. The summed E-state index contributed by atoms with van der Waals surface area (Å²) in [6, 6.07) is 15.0. The first-order valence-electron chi connectivity index (χ1n) is 7.72. The van der Waals surface area contributed by atoms with Crippen molar-refractivity contribution in [1.29, 1.82) is 0 Å². The smallest absolute Gasteiger partial charge is 0.223 e. The summed E-state index contributed by atoms with van der Waals surface area (Å²) in [6.07, 6.45) is 1.87. The molecule has 1 heterocycles. The number of nitrogens with one attached hydrogen (secondary N) is 2. The summed E-state index contributed by atoms with van der Waals surface area (Å²) in [5.74, 6) is 0.340. The van der Waals surface area contributed by atoms with Crippen LogP contribution in [0.5, 0.6) is 0 Å². The Balaban J connectivity index is 1.67. The fourth-order valence-electron chi connectivity index (χ4n) is 3.14. The van der Waals surface area contributed by atoms with Gasteiger partial charge in [-0.3, -0.25) is 4.79 Å². The highest BCUT2D eigenvalue weighted by Crippen LogP contribution is 2.19. The SMILES string of the molecule is CC1CC(C(=O)NCc2cccc3ccccc23)CCN1. The highest BCUT2D eigenvalue weighted by atomic mass is 16.1. The number of amides is 1. The quantitative estimate of drug-likeness (QED) is 0.909. The predicted molar refractivity (Wildman–Crippen MR) is 86.0 cm³/mol. The third-order valence-electron chi connectivity index (χ3n) is 4.33. The average molecular weight is 282 g/mol. The normalized spacial score (nSPS) is 22.1. The summed E-state index contributed by atoms with van der Waals surface area (Å²) in [4.78, 5) is 12.3. The molecule has 1 aliphatic heterocycles. The highest BCUT2D eigenvalue weighted by molar-refractivity contribution is 5.86. The second-order valence-corrected chi connectivity index (χ2v) is 5.93. The molecule has 21 heavy (non-hydrogen) atoms. The predicted octanol–water partition coefficient (Wildman–Crippen LogP) is 2.84. The molecule has 2 aromatic rings. The summed E-state index contributed by atoms with van der Waals surface area (Å²) >= 11 is 0. The molecule has 2 atom stereocenters. The van der Waals surface area contributed by atoms with Crippen molar-refractivity contribution in [2.75, 3.05) is 6.54 Å². The molecular formula is C18H22N2O. The van der Waals surface area contributed by atoms with Crippen LogP contribution >= 0.6 is 0 Å². The molecule has 3 heteroatoms. The van der Waals surface area contributed by atoms with Crippen LogP contribution in [0.3, 0.4) is 0 Å². The van der Waals surface area contributed by atoms with E-state index in [0.717, 1.165) is 19.4 Å². The van der Waals surface area contributed by atoms with Crippen molar-refractivity contribution in [3.05, 3.63) is 48.0 Å². The average Bonchev–Trinajstić information content (AvgIpc) is 2.52. The van der Waals surface area contributed by atoms with Crippen LogP contribution in [-0.2, 0) is 11.3 Å². The number of benzene rings is 2. The zero-order chi connectivity index (χ0) is 14.7. The van der Waals surface area contributed by atoms with Crippen molar-refractivity contribution in [2.45, 2.75) is 32.4 Å². The van der Waals surface area contributed by atoms with Gasteiger partial charge in [0.2, 0.25) is 5.91 Å². The Kier molecular flexibility index (Phi) is 4.20. The van der Waals surface area contributed by atoms with Crippen molar-refractivity contribution in [3.63, 3.8) is 0 Å². The van der Waals surface area contributed by atoms with E-state index in [1.165, 1.54) is 16.3 Å². The Bertz CT molecular complexity index is 633. The molecule has 1 saturated heterocycles. The minimum Gasteiger partial charge on any atom is -0.352 e. The van der Waals surface area contributed by atoms with Gasteiger partial charge in [0.15, 0.2) is 0 Å². The van der Waals surface area contributed by atoms with Gasteiger partial charge < -0.3 is 10.6 Å². The fourth-order valence-corrected chi connectivity index (χ4v) is 3.14. The van der Waals surface area contributed by atoms with E-state index in [1.807, 2.05) is 12.1 Å². The summed E-state index contributed by atoms with van der Waals surface area (Å²) in [5, 5.41) is 8.94. The van der Waals surface area contributed by atoms with Crippen LogP contribution in [0.25, 0.3) is 10.8 Å². The van der Waals surface area contributed by atoms with E-state index in [0.29, 0.717) is 12.6 Å². The molecule has 0 radical (unpaired) electrons. The zero-order valence-corrected chi connectivity index (χ0v) is 12.4. The van der Waals surface area contributed by atoms with Gasteiger partial charge in [-0.25, -0.2) is 0 Å². The number of carbonyl (C=O) groups excluding carboxylic acids is 1. The maximum atomic E-state index is 12.3. The van der Waals surface area contributed by atoms with E-state index in [4.69, 9.17) is 0 Å². The number of rotatable bonds is 3. The maximum Gasteiger partial charge on any atom is 0.223 e. The van der Waals surface area contributed by atoms with Crippen LogP contribution in [0.4, 0.5) is 0 Å². The molecule has 0 aliphatic carbocycles. The molecule has 3 nitrogen and oxygen atoms in total. The van der Waals surface area contributed by atoms with Gasteiger partial charge in [-0.2, -0.15) is 0 Å². The number of fused-ring (bicyclic) bond motifs is 1. The first-order valence-corrected chi connectivity index (χ1v) is 7.72. The summed E-state index contributed by atoms with van der Waals surface area (Å²) in [7, 11) is 0. The van der Waals surface area contributed by atoms with Crippen LogP contribution in [0, 0.1) is 5.92 Å². The van der Waals surface area contributed by atoms with Gasteiger partial charge in [-0.05, 0) is 42.6 Å². The van der Waals surface area contributed by atoms with Crippen molar-refractivity contribution >= 4 is 16.7 Å². The number of piperidine rings is 1. The zero-order valence-electron chi connectivity index (χ0n) is 12.4. The van der Waals surface area contributed by atoms with Gasteiger partial charge in [0.1, 0.15) is 0 Å². The summed E-state index contributed by atoms with van der Waals surface area (Å²) < 4.78 is 0. The highest BCUT2D eigenvalue weighted by Gasteiger charge is 2.24. The van der Waals surface area contributed by atoms with Crippen molar-refractivity contribution in [3.8, 4) is 0 Å². The van der Waals surface area contributed by atoms with Crippen molar-refractivity contribution < 1.29 is 4.79 Å². The Morgan fingerprint density at radius 2 is 2.05 bits per heavy atom. The van der Waals surface area contributed by atoms with Gasteiger partial charge in [0, 0.05) is 18.5 Å². The molecule has 1 fully saturated rings. The standard InChI is InChI=1S/C18H22N2O/c1-13-11-15(9-10-19-13)18(21)20-12-16-7-4-6-14-5-2-3-8-17(14)16/h2-8,13,15,19H,9-12H2,1H3,(H,20,21). The van der Waals surface area contributed by atoms with E-state index in [9.17, 15) is 4.79 Å². The minimum absolute atomic E-state index is 0.149. The van der Waals surface area contributed by atoms with E-state index < -0.39 is 0 Å². The van der Waals surface area contributed by atoms with Crippen molar-refractivity contribution in [1.82, 2.24) is 10.6 Å². The number of hydrogen-bond acceptors (Lipinski definition) is 2. The maximum absolute atomic E-state index is 12.3. The van der Waals surface area contributed by atoms with Gasteiger partial charge >= 0.3 is 0 Å². The first kappa shape index (κ1) is 14.1. The lowest BCUT2D eigenvalue weighted by Gasteiger charge is -2.27. The Morgan fingerprint density at radius 1 is 1.24 bits per heavy atom. The van der Waals surface area contributed by atoms with Gasteiger partial charge in [0.05, 0.1) is 0 Å². The van der Waals surface area contributed by atoms with Crippen LogP contribution in [-0.4, -0.2) is 18.5 Å². The molecule has 2 N–H and O–H groups in total. The number of carbonyl (C=O) groups is 1. The molecule has 0 spiro atoms. The van der Waals surface area contributed by atoms with Crippen LogP contribution in [0.1, 0.15) is 25.3 Å². The Hall–Kier alpha value is -1.87. The summed E-state index contributed by atoms with van der Waals surface area (Å²) in [5.41, 5.74) is 1.18. The fraction of sp³-hybridized carbons (Fsp3) is 0.389. The van der Waals surface area contributed by atoms with Crippen LogP contribution in [0.15, 0.2) is 42.5 Å². The molecule has 0 saturated carbocycles. The monoisotopic (exact) mass is 282 g/mol. The second-order valence-electron chi connectivity index (χ2n) is 5.93. The molecule has 2 unspecified atom stereocenters. The topological polar surface area (TPSA) is 41.1 Å². The molecule has 3 rings (SSSR count). The van der Waals surface area contributed by atoms with E-state index in [-0.39, 0.29) is 11.8 Å². The molecule has 2 aromatic carbocycles. The van der Waals surface area contributed by atoms with Gasteiger partial charge in [-0.1, -0.05) is 42.5 Å². The minimum atomic E-state index is 0.149. The molecular weight excluding hydrogens is 260 g/mol. The first-order chi connectivity index (χ1) is 10.2. The molecule has 1 amide bonds. The lowest BCUT2D eigenvalue weighted by atomic mass is 9.92. The third kappa shape index (κ3) is 3.24. The van der Waals surface area contributed by atoms with E-state index in [2.05, 4.69) is 47.9 Å². The lowest BCUT2D eigenvalue weighted by Crippen LogP contribution is -2.42. The van der Waals surface area contributed by atoms with Gasteiger partial charge in [-0.15, -0.1) is 0 Å². The Labute approximate surface area is 125 Å². The lowest BCUT2D eigenvalue weighted by molar-refractivity contribution is -0.126. The van der Waals surface area contributed by atoms with E-state index in [1.54, 1.807) is 0 Å². The second kappa shape index (κ2) is 6.27. The molecule has 110 valence electrons. The van der Waals surface area contributed by atoms with Crippen LogP contribution < -0.4 is 10.6 Å².